The predicted octanol–water partition coefficient (Wildman–Crippen LogP) is 2.08. The standard InChI is InChI=1S/C11H16N2O3S/c1-3-17(16)7-6-12-10-8-9(2)4-5-11(10)13(14)15/h4-5,8,12H,3,6-7H2,1-2H3. The van der Waals surface area contributed by atoms with Gasteiger partial charge in [-0.05, 0) is 18.6 Å². The highest BCUT2D eigenvalue weighted by Crippen LogP contribution is 2.24. The monoisotopic (exact) mass is 256 g/mol. The summed E-state index contributed by atoms with van der Waals surface area (Å²) in [5, 5.41) is 13.8. The first-order valence-electron chi connectivity index (χ1n) is 5.38. The number of hydrogen-bond donors (Lipinski definition) is 1. The van der Waals surface area contributed by atoms with E-state index in [2.05, 4.69) is 5.32 Å². The zero-order valence-corrected chi connectivity index (χ0v) is 10.8. The first-order valence-corrected chi connectivity index (χ1v) is 6.87. The molecule has 0 aliphatic rings. The van der Waals surface area contributed by atoms with Crippen LogP contribution in [-0.2, 0) is 10.8 Å². The topological polar surface area (TPSA) is 72.2 Å². The third-order valence-corrected chi connectivity index (χ3v) is 3.62. The van der Waals surface area contributed by atoms with Crippen LogP contribution in [0.2, 0.25) is 0 Å². The molecular weight excluding hydrogens is 240 g/mol. The molecule has 0 saturated carbocycles. The Labute approximate surface area is 103 Å². The van der Waals surface area contributed by atoms with E-state index in [9.17, 15) is 14.3 Å². The van der Waals surface area contributed by atoms with Crippen molar-refractivity contribution in [2.75, 3.05) is 23.4 Å². The molecule has 0 aliphatic carbocycles. The van der Waals surface area contributed by atoms with E-state index >= 15 is 0 Å². The van der Waals surface area contributed by atoms with Crippen molar-refractivity contribution in [3.63, 3.8) is 0 Å². The Hall–Kier alpha value is -1.43. The van der Waals surface area contributed by atoms with Gasteiger partial charge in [0, 0.05) is 34.9 Å². The Bertz CT molecular complexity index is 435. The van der Waals surface area contributed by atoms with E-state index in [1.54, 1.807) is 12.1 Å². The molecule has 0 bridgehead atoms. The number of nitro benzene ring substituents is 1. The lowest BCUT2D eigenvalue weighted by Crippen LogP contribution is -2.13. The third-order valence-electron chi connectivity index (χ3n) is 2.32. The maximum Gasteiger partial charge on any atom is 0.292 e. The van der Waals surface area contributed by atoms with Gasteiger partial charge >= 0.3 is 0 Å². The Balaban J connectivity index is 2.72. The fraction of sp³-hybridized carbons (Fsp3) is 0.455. The lowest BCUT2D eigenvalue weighted by Gasteiger charge is -2.07. The van der Waals surface area contributed by atoms with Crippen molar-refractivity contribution in [2.45, 2.75) is 13.8 Å². The first-order chi connectivity index (χ1) is 8.04. The van der Waals surface area contributed by atoms with Crippen molar-refractivity contribution < 1.29 is 9.13 Å². The van der Waals surface area contributed by atoms with Gasteiger partial charge in [0.2, 0.25) is 0 Å². The van der Waals surface area contributed by atoms with Crippen LogP contribution in [0.25, 0.3) is 0 Å². The number of rotatable bonds is 6. The summed E-state index contributed by atoms with van der Waals surface area (Å²) in [6.45, 7) is 4.20. The van der Waals surface area contributed by atoms with Crippen molar-refractivity contribution in [3.05, 3.63) is 33.9 Å². The Kier molecular flexibility index (Phi) is 5.09. The highest BCUT2D eigenvalue weighted by Gasteiger charge is 2.12. The lowest BCUT2D eigenvalue weighted by atomic mass is 10.2. The second kappa shape index (κ2) is 6.34. The fourth-order valence-corrected chi connectivity index (χ4v) is 2.01. The molecule has 0 aliphatic heterocycles. The van der Waals surface area contributed by atoms with Crippen LogP contribution in [0.15, 0.2) is 18.2 Å². The zero-order chi connectivity index (χ0) is 12.8. The average Bonchev–Trinajstić information content (AvgIpc) is 2.28. The van der Waals surface area contributed by atoms with E-state index < -0.39 is 15.7 Å². The summed E-state index contributed by atoms with van der Waals surface area (Å²) < 4.78 is 11.2. The highest BCUT2D eigenvalue weighted by molar-refractivity contribution is 7.84. The van der Waals surface area contributed by atoms with Crippen LogP contribution >= 0.6 is 0 Å². The van der Waals surface area contributed by atoms with Gasteiger partial charge in [-0.1, -0.05) is 13.0 Å². The summed E-state index contributed by atoms with van der Waals surface area (Å²) >= 11 is 0. The molecule has 0 radical (unpaired) electrons. The molecule has 17 heavy (non-hydrogen) atoms. The minimum atomic E-state index is -0.856. The highest BCUT2D eigenvalue weighted by atomic mass is 32.2. The zero-order valence-electron chi connectivity index (χ0n) is 9.93. The van der Waals surface area contributed by atoms with Gasteiger partial charge in [-0.15, -0.1) is 0 Å². The fourth-order valence-electron chi connectivity index (χ4n) is 1.39. The van der Waals surface area contributed by atoms with E-state index in [4.69, 9.17) is 0 Å². The molecule has 94 valence electrons. The minimum absolute atomic E-state index is 0.0536. The maximum absolute atomic E-state index is 11.2. The van der Waals surface area contributed by atoms with Crippen LogP contribution in [0.3, 0.4) is 0 Å². The van der Waals surface area contributed by atoms with E-state index in [1.807, 2.05) is 13.8 Å². The van der Waals surface area contributed by atoms with Gasteiger partial charge in [-0.2, -0.15) is 0 Å². The van der Waals surface area contributed by atoms with Crippen LogP contribution in [0.5, 0.6) is 0 Å². The molecule has 1 aromatic carbocycles. The third kappa shape index (κ3) is 4.14. The Morgan fingerprint density at radius 1 is 1.47 bits per heavy atom. The van der Waals surface area contributed by atoms with Gasteiger partial charge in [0.25, 0.3) is 5.69 Å². The molecule has 1 atom stereocenters. The summed E-state index contributed by atoms with van der Waals surface area (Å²) in [4.78, 5) is 10.4. The van der Waals surface area contributed by atoms with Gasteiger partial charge in [0.05, 0.1) is 4.92 Å². The normalized spacial score (nSPS) is 12.1. The summed E-state index contributed by atoms with van der Waals surface area (Å²) in [7, 11) is -0.856. The molecule has 1 unspecified atom stereocenters. The summed E-state index contributed by atoms with van der Waals surface area (Å²) in [5.41, 5.74) is 1.50. The molecule has 6 heteroatoms. The van der Waals surface area contributed by atoms with Gasteiger partial charge in [-0.3, -0.25) is 14.3 Å². The van der Waals surface area contributed by atoms with Crippen molar-refractivity contribution in [1.82, 2.24) is 0 Å². The largest absolute Gasteiger partial charge is 0.379 e. The molecule has 1 aromatic rings. The number of nitrogens with zero attached hydrogens (tertiary/aromatic N) is 1. The Morgan fingerprint density at radius 3 is 2.76 bits per heavy atom. The number of hydrogen-bond acceptors (Lipinski definition) is 4. The Morgan fingerprint density at radius 2 is 2.18 bits per heavy atom. The van der Waals surface area contributed by atoms with E-state index in [0.717, 1.165) is 5.56 Å². The van der Waals surface area contributed by atoms with Crippen LogP contribution < -0.4 is 5.32 Å². The van der Waals surface area contributed by atoms with Gasteiger partial charge in [0.1, 0.15) is 5.69 Å². The van der Waals surface area contributed by atoms with Gasteiger partial charge in [0.15, 0.2) is 0 Å². The second-order valence-electron chi connectivity index (χ2n) is 3.64. The van der Waals surface area contributed by atoms with Crippen molar-refractivity contribution in [1.29, 1.82) is 0 Å². The quantitative estimate of drug-likeness (QED) is 0.624. The SMILES string of the molecule is CCS(=O)CCNc1cc(C)ccc1[N+](=O)[O-]. The number of aryl methyl sites for hydroxylation is 1. The molecule has 0 saturated heterocycles. The minimum Gasteiger partial charge on any atom is -0.379 e. The molecule has 0 heterocycles. The van der Waals surface area contributed by atoms with Gasteiger partial charge < -0.3 is 5.32 Å². The summed E-state index contributed by atoms with van der Waals surface area (Å²) in [6, 6.07) is 4.91. The maximum atomic E-state index is 11.2. The van der Waals surface area contributed by atoms with Crippen LogP contribution in [-0.4, -0.2) is 27.2 Å². The molecule has 1 N–H and O–H groups in total. The predicted molar refractivity (Wildman–Crippen MR) is 69.9 cm³/mol. The first kappa shape index (κ1) is 13.6. The molecule has 5 nitrogen and oxygen atoms in total. The van der Waals surface area contributed by atoms with E-state index in [0.29, 0.717) is 23.7 Å². The number of benzene rings is 1. The van der Waals surface area contributed by atoms with Crippen LogP contribution in [0.4, 0.5) is 11.4 Å². The van der Waals surface area contributed by atoms with Crippen molar-refractivity contribution in [3.8, 4) is 0 Å². The summed E-state index contributed by atoms with van der Waals surface area (Å²) in [6.07, 6.45) is 0. The lowest BCUT2D eigenvalue weighted by molar-refractivity contribution is -0.384. The molecular formula is C11H16N2O3S. The average molecular weight is 256 g/mol. The molecule has 0 fully saturated rings. The van der Waals surface area contributed by atoms with Gasteiger partial charge in [-0.25, -0.2) is 0 Å². The smallest absolute Gasteiger partial charge is 0.292 e. The number of nitro groups is 1. The molecule has 0 aromatic heterocycles. The molecule has 1 rings (SSSR count). The molecule has 0 amide bonds. The van der Waals surface area contributed by atoms with E-state index in [-0.39, 0.29) is 5.69 Å². The van der Waals surface area contributed by atoms with Crippen molar-refractivity contribution >= 4 is 22.2 Å². The number of nitrogens with one attached hydrogen (secondary N) is 1. The summed E-state index contributed by atoms with van der Waals surface area (Å²) in [5.74, 6) is 1.11. The van der Waals surface area contributed by atoms with Crippen molar-refractivity contribution in [2.24, 2.45) is 0 Å². The van der Waals surface area contributed by atoms with Crippen LogP contribution in [0, 0.1) is 17.0 Å². The second-order valence-corrected chi connectivity index (χ2v) is 5.50. The molecule has 0 spiro atoms. The number of anilines is 1. The van der Waals surface area contributed by atoms with Crippen LogP contribution in [0.1, 0.15) is 12.5 Å². The van der Waals surface area contributed by atoms with E-state index in [1.165, 1.54) is 6.07 Å².